The molecule has 0 fully saturated rings. The molecule has 61 heavy (non-hydrogen) atoms. The molecule has 0 aliphatic heterocycles. The smallest absolute Gasteiger partial charge is 0.0720 e. The molecule has 0 atom stereocenters. The van der Waals surface area contributed by atoms with Gasteiger partial charge in [-0.3, -0.25) is 0 Å². The summed E-state index contributed by atoms with van der Waals surface area (Å²) < 4.78 is 2.54. The summed E-state index contributed by atoms with van der Waals surface area (Å²) in [5.74, 6) is 0. The van der Waals surface area contributed by atoms with Gasteiger partial charge in [-0.05, 0) is 107 Å². The van der Waals surface area contributed by atoms with E-state index in [1.54, 1.807) is 0 Å². The van der Waals surface area contributed by atoms with Gasteiger partial charge in [0.1, 0.15) is 0 Å². The van der Waals surface area contributed by atoms with E-state index in [9.17, 15) is 0 Å². The average molecular weight is 772 g/mol. The van der Waals surface area contributed by atoms with E-state index in [1.165, 1.54) is 116 Å². The van der Waals surface area contributed by atoms with Crippen LogP contribution in [-0.2, 0) is 10.8 Å². The molecule has 1 heteroatoms. The molecular weight excluding hydrogens is 735 g/mol. The van der Waals surface area contributed by atoms with Gasteiger partial charge in [-0.15, -0.1) is 0 Å². The first-order chi connectivity index (χ1) is 30.3. The van der Waals surface area contributed by atoms with Crippen LogP contribution in [0.15, 0.2) is 224 Å². The maximum Gasteiger partial charge on any atom is 0.0720 e. The normalized spacial score (nSPS) is 14.5. The molecule has 282 valence electrons. The summed E-state index contributed by atoms with van der Waals surface area (Å²) in [5.41, 5.74) is 21.1. The highest BCUT2D eigenvalue weighted by molar-refractivity contribution is 6.22. The lowest BCUT2D eigenvalue weighted by Gasteiger charge is -2.48. The maximum absolute atomic E-state index is 2.60. The Kier molecular flexibility index (Phi) is 6.48. The number of fused-ring (bicyclic) bond motifs is 21. The quantitative estimate of drug-likeness (QED) is 0.165. The van der Waals surface area contributed by atoms with Crippen molar-refractivity contribution in [1.82, 2.24) is 4.57 Å². The Morgan fingerprint density at radius 1 is 0.279 bits per heavy atom. The van der Waals surface area contributed by atoms with Crippen LogP contribution >= 0.6 is 0 Å². The Bertz CT molecular complexity index is 3560. The molecule has 10 aromatic carbocycles. The second-order valence-electron chi connectivity index (χ2n) is 17.0. The minimum atomic E-state index is -0.564. The standard InChI is InChI=1S/C60H37N/c1-2-18-38(19-3-1)40-21-9-17-33-55(40)61-56-35-34-39-20-4-5-22-41(39)58(56)46-36-54-45(37-57(46)61)44-25-8-12-28-49(44)60(54)52-31-15-13-29-50(52)59(51-30-14-16-32-53(51)60)47-26-10-6-23-42(47)43-24-7-11-27-48(43)59/h1-37H. The first-order valence-corrected chi connectivity index (χ1v) is 21.4. The van der Waals surface area contributed by atoms with E-state index in [4.69, 9.17) is 0 Å². The van der Waals surface area contributed by atoms with E-state index in [2.05, 4.69) is 229 Å². The Morgan fingerprint density at radius 2 is 0.738 bits per heavy atom. The third kappa shape index (κ3) is 3.97. The largest absolute Gasteiger partial charge is 0.309 e. The summed E-state index contributed by atoms with van der Waals surface area (Å²) in [7, 11) is 0. The number of rotatable bonds is 2. The average Bonchev–Trinajstić information content (AvgIpc) is 3.93. The van der Waals surface area contributed by atoms with E-state index >= 15 is 0 Å². The van der Waals surface area contributed by atoms with Gasteiger partial charge in [0, 0.05) is 16.3 Å². The fourth-order valence-electron chi connectivity index (χ4n) is 12.3. The fourth-order valence-corrected chi connectivity index (χ4v) is 12.3. The molecule has 3 aliphatic carbocycles. The number of para-hydroxylation sites is 1. The van der Waals surface area contributed by atoms with Gasteiger partial charge in [0.25, 0.3) is 0 Å². The maximum atomic E-state index is 2.60. The summed E-state index contributed by atoms with van der Waals surface area (Å²) in [5, 5.41) is 5.08. The second kappa shape index (κ2) is 11.9. The summed E-state index contributed by atoms with van der Waals surface area (Å²) in [6.45, 7) is 0. The van der Waals surface area contributed by atoms with Gasteiger partial charge in [-0.25, -0.2) is 0 Å². The molecule has 1 aromatic heterocycles. The van der Waals surface area contributed by atoms with Gasteiger partial charge in [0.15, 0.2) is 0 Å². The van der Waals surface area contributed by atoms with Crippen molar-refractivity contribution in [1.29, 1.82) is 0 Å². The highest BCUT2D eigenvalue weighted by Gasteiger charge is 2.59. The van der Waals surface area contributed by atoms with Crippen LogP contribution in [0.3, 0.4) is 0 Å². The molecule has 14 rings (SSSR count). The van der Waals surface area contributed by atoms with Crippen LogP contribution in [0.5, 0.6) is 0 Å². The molecule has 0 radical (unpaired) electrons. The minimum Gasteiger partial charge on any atom is -0.309 e. The molecule has 0 saturated heterocycles. The minimum absolute atomic E-state index is 0.471. The summed E-state index contributed by atoms with van der Waals surface area (Å²) in [4.78, 5) is 0. The van der Waals surface area contributed by atoms with Gasteiger partial charge < -0.3 is 4.57 Å². The zero-order valence-corrected chi connectivity index (χ0v) is 33.3. The zero-order valence-electron chi connectivity index (χ0n) is 33.3. The second-order valence-corrected chi connectivity index (χ2v) is 17.0. The van der Waals surface area contributed by atoms with E-state index in [0.29, 0.717) is 0 Å². The number of aromatic nitrogens is 1. The van der Waals surface area contributed by atoms with Crippen LogP contribution < -0.4 is 0 Å². The first kappa shape index (κ1) is 33.1. The predicted molar refractivity (Wildman–Crippen MR) is 252 cm³/mol. The van der Waals surface area contributed by atoms with Crippen LogP contribution in [-0.4, -0.2) is 4.57 Å². The van der Waals surface area contributed by atoms with Gasteiger partial charge >= 0.3 is 0 Å². The number of benzene rings is 10. The van der Waals surface area contributed by atoms with Crippen molar-refractivity contribution < 1.29 is 0 Å². The molecular formula is C60H37N. The van der Waals surface area contributed by atoms with E-state index in [0.717, 1.165) is 0 Å². The van der Waals surface area contributed by atoms with Crippen LogP contribution in [0.25, 0.3) is 71.6 Å². The van der Waals surface area contributed by atoms with Crippen molar-refractivity contribution in [2.45, 2.75) is 10.8 Å². The Morgan fingerprint density at radius 3 is 1.34 bits per heavy atom. The summed E-state index contributed by atoms with van der Waals surface area (Å²) in [6, 6.07) is 84.8. The Balaban J connectivity index is 1.16. The zero-order chi connectivity index (χ0) is 39.9. The molecule has 1 nitrogen and oxygen atoms in total. The van der Waals surface area contributed by atoms with E-state index in [1.807, 2.05) is 0 Å². The number of hydrogen-bond donors (Lipinski definition) is 0. The van der Waals surface area contributed by atoms with Crippen LogP contribution in [0.1, 0.15) is 44.5 Å². The lowest BCUT2D eigenvalue weighted by Crippen LogP contribution is -2.43. The van der Waals surface area contributed by atoms with E-state index < -0.39 is 10.8 Å². The summed E-state index contributed by atoms with van der Waals surface area (Å²) >= 11 is 0. The van der Waals surface area contributed by atoms with Gasteiger partial charge in [0.05, 0.1) is 27.6 Å². The number of nitrogens with zero attached hydrogens (tertiary/aromatic N) is 1. The fraction of sp³-hybridized carbons (Fsp3) is 0.0333. The molecule has 0 bridgehead atoms. The molecule has 0 N–H and O–H groups in total. The molecule has 2 spiro atoms. The van der Waals surface area contributed by atoms with Crippen molar-refractivity contribution in [3.05, 3.63) is 269 Å². The highest BCUT2D eigenvalue weighted by atomic mass is 15.0. The van der Waals surface area contributed by atoms with Crippen LogP contribution in [0.4, 0.5) is 0 Å². The topological polar surface area (TPSA) is 4.93 Å². The van der Waals surface area contributed by atoms with Crippen molar-refractivity contribution in [2.75, 3.05) is 0 Å². The van der Waals surface area contributed by atoms with Gasteiger partial charge in [-0.1, -0.05) is 200 Å². The Hall–Kier alpha value is -7.74. The molecule has 11 aromatic rings. The van der Waals surface area contributed by atoms with Gasteiger partial charge in [-0.2, -0.15) is 0 Å². The predicted octanol–water partition coefficient (Wildman–Crippen LogP) is 14.6. The SMILES string of the molecule is c1ccc(-c2ccccc2-n2c3cc4c(cc3c3c5ccccc5ccc32)C2(c3ccccc3-4)c3ccccc3C3(c4ccccc4-c4ccccc43)c3ccccc32)cc1. The highest BCUT2D eigenvalue weighted by Crippen LogP contribution is 2.67. The van der Waals surface area contributed by atoms with E-state index in [-0.39, 0.29) is 0 Å². The first-order valence-electron chi connectivity index (χ1n) is 21.4. The van der Waals surface area contributed by atoms with Crippen LogP contribution in [0, 0.1) is 0 Å². The van der Waals surface area contributed by atoms with Crippen molar-refractivity contribution >= 4 is 32.6 Å². The van der Waals surface area contributed by atoms with Crippen LogP contribution in [0.2, 0.25) is 0 Å². The van der Waals surface area contributed by atoms with Gasteiger partial charge in [0.2, 0.25) is 0 Å². The Labute approximate surface area is 354 Å². The molecule has 0 unspecified atom stereocenters. The monoisotopic (exact) mass is 771 g/mol. The molecule has 3 aliphatic rings. The molecule has 0 amide bonds. The molecule has 0 saturated carbocycles. The van der Waals surface area contributed by atoms with Crippen molar-refractivity contribution in [3.63, 3.8) is 0 Å². The summed E-state index contributed by atoms with van der Waals surface area (Å²) in [6.07, 6.45) is 0. The van der Waals surface area contributed by atoms with Crippen molar-refractivity contribution in [3.8, 4) is 39.1 Å². The number of hydrogen-bond acceptors (Lipinski definition) is 0. The molecule has 1 heterocycles. The van der Waals surface area contributed by atoms with Crippen molar-refractivity contribution in [2.24, 2.45) is 0 Å². The third-order valence-electron chi connectivity index (χ3n) is 14.5. The third-order valence-corrected chi connectivity index (χ3v) is 14.5. The lowest BCUT2D eigenvalue weighted by atomic mass is 9.52. The lowest BCUT2D eigenvalue weighted by molar-refractivity contribution is 0.633.